The van der Waals surface area contributed by atoms with Crippen molar-refractivity contribution < 1.29 is 17.2 Å². The van der Waals surface area contributed by atoms with Crippen LogP contribution in [0.1, 0.15) is 12.7 Å². The Balaban J connectivity index is 2.27. The summed E-state index contributed by atoms with van der Waals surface area (Å²) >= 11 is 3.06. The lowest BCUT2D eigenvalue weighted by Crippen LogP contribution is -2.14. The molecule has 0 aromatic carbocycles. The first-order valence-electron chi connectivity index (χ1n) is 6.05. The number of hydrogen-bond donors (Lipinski definition) is 2. The predicted octanol–water partition coefficient (Wildman–Crippen LogP) is 2.49. The molecule has 0 spiro atoms. The van der Waals surface area contributed by atoms with Crippen molar-refractivity contribution in [2.75, 3.05) is 11.3 Å². The summed E-state index contributed by atoms with van der Waals surface area (Å²) in [7, 11) is -3.96. The Morgan fingerprint density at radius 2 is 2.24 bits per heavy atom. The molecular formula is C12H13BrFN3O3S. The minimum Gasteiger partial charge on any atom is -0.451 e. The lowest BCUT2D eigenvalue weighted by Gasteiger charge is -2.06. The van der Waals surface area contributed by atoms with E-state index >= 15 is 0 Å². The summed E-state index contributed by atoms with van der Waals surface area (Å²) in [5.74, 6) is -0.298. The summed E-state index contributed by atoms with van der Waals surface area (Å²) in [4.78, 5) is 3.47. The number of rotatable bonds is 6. The SMILES string of the molecule is CCNCc1cc(S(=O)(=O)Nc2ccncc2F)c(Br)o1. The van der Waals surface area contributed by atoms with Gasteiger partial charge in [0.2, 0.25) is 0 Å². The summed E-state index contributed by atoms with van der Waals surface area (Å²) in [6.45, 7) is 3.04. The molecule has 0 fully saturated rings. The molecule has 9 heteroatoms. The number of nitrogens with zero attached hydrogens (tertiary/aromatic N) is 1. The standard InChI is InChI=1S/C12H13BrFN3O3S/c1-2-15-6-8-5-11(12(13)20-8)21(18,19)17-10-3-4-16-7-9(10)14/h3-5,7,15H,2,6H2,1H3,(H,16,17). The number of halogens is 2. The van der Waals surface area contributed by atoms with Crippen LogP contribution >= 0.6 is 15.9 Å². The molecule has 2 rings (SSSR count). The van der Waals surface area contributed by atoms with Crippen molar-refractivity contribution >= 4 is 31.6 Å². The Labute approximate surface area is 129 Å². The minimum absolute atomic E-state index is 0.0670. The molecule has 0 unspecified atom stereocenters. The van der Waals surface area contributed by atoms with Crippen molar-refractivity contribution in [3.8, 4) is 0 Å². The molecule has 6 nitrogen and oxygen atoms in total. The monoisotopic (exact) mass is 377 g/mol. The van der Waals surface area contributed by atoms with Gasteiger partial charge in [-0.1, -0.05) is 6.92 Å². The van der Waals surface area contributed by atoms with Crippen molar-refractivity contribution in [2.45, 2.75) is 18.4 Å². The van der Waals surface area contributed by atoms with E-state index in [2.05, 4.69) is 31.0 Å². The van der Waals surface area contributed by atoms with E-state index < -0.39 is 15.8 Å². The number of pyridine rings is 1. The van der Waals surface area contributed by atoms with E-state index in [1.807, 2.05) is 6.92 Å². The second-order valence-electron chi connectivity index (χ2n) is 4.09. The van der Waals surface area contributed by atoms with E-state index in [1.54, 1.807) is 0 Å². The van der Waals surface area contributed by atoms with E-state index in [1.165, 1.54) is 18.3 Å². The molecule has 0 atom stereocenters. The van der Waals surface area contributed by atoms with Crippen LogP contribution in [-0.2, 0) is 16.6 Å². The first-order valence-corrected chi connectivity index (χ1v) is 8.33. The predicted molar refractivity (Wildman–Crippen MR) is 78.8 cm³/mol. The van der Waals surface area contributed by atoms with Crippen molar-refractivity contribution in [1.82, 2.24) is 10.3 Å². The van der Waals surface area contributed by atoms with Crippen molar-refractivity contribution in [3.63, 3.8) is 0 Å². The lowest BCUT2D eigenvalue weighted by atomic mass is 10.4. The quantitative estimate of drug-likeness (QED) is 0.807. The molecule has 2 N–H and O–H groups in total. The summed E-state index contributed by atoms with van der Waals surface area (Å²) in [5.41, 5.74) is -0.175. The van der Waals surface area contributed by atoms with Crippen LogP contribution in [0.2, 0.25) is 0 Å². The highest BCUT2D eigenvalue weighted by Crippen LogP contribution is 2.28. The van der Waals surface area contributed by atoms with Crippen molar-refractivity contribution in [3.05, 3.63) is 40.8 Å². The second-order valence-corrected chi connectivity index (χ2v) is 6.46. The summed E-state index contributed by atoms with van der Waals surface area (Å²) in [6, 6.07) is 2.62. The van der Waals surface area contributed by atoms with Gasteiger partial charge in [0.1, 0.15) is 10.7 Å². The van der Waals surface area contributed by atoms with E-state index in [0.29, 0.717) is 12.3 Å². The third-order valence-corrected chi connectivity index (χ3v) is 4.78. The first-order chi connectivity index (χ1) is 9.94. The summed E-state index contributed by atoms with van der Waals surface area (Å²) in [5, 5.41) is 3.02. The molecule has 2 aromatic heterocycles. The topological polar surface area (TPSA) is 84.2 Å². The number of hydrogen-bond acceptors (Lipinski definition) is 5. The molecule has 2 aromatic rings. The van der Waals surface area contributed by atoms with E-state index in [0.717, 1.165) is 12.7 Å². The highest BCUT2D eigenvalue weighted by atomic mass is 79.9. The van der Waals surface area contributed by atoms with Crippen LogP contribution in [0.15, 0.2) is 38.5 Å². The van der Waals surface area contributed by atoms with Gasteiger partial charge in [-0.3, -0.25) is 9.71 Å². The molecular weight excluding hydrogens is 365 g/mol. The third-order valence-electron chi connectivity index (χ3n) is 2.56. The van der Waals surface area contributed by atoms with Crippen molar-refractivity contribution in [1.29, 1.82) is 0 Å². The van der Waals surface area contributed by atoms with Gasteiger partial charge in [0, 0.05) is 12.3 Å². The minimum atomic E-state index is -3.96. The number of sulfonamides is 1. The fourth-order valence-electron chi connectivity index (χ4n) is 1.57. The average molecular weight is 378 g/mol. The van der Waals surface area contributed by atoms with Gasteiger partial charge in [0.25, 0.3) is 10.0 Å². The van der Waals surface area contributed by atoms with Crippen LogP contribution in [0.25, 0.3) is 0 Å². The third kappa shape index (κ3) is 3.80. The Bertz CT molecular complexity index is 733. The maximum absolute atomic E-state index is 13.5. The van der Waals surface area contributed by atoms with Gasteiger partial charge < -0.3 is 9.73 Å². The zero-order valence-corrected chi connectivity index (χ0v) is 13.5. The maximum Gasteiger partial charge on any atom is 0.266 e. The Morgan fingerprint density at radius 1 is 1.48 bits per heavy atom. The smallest absolute Gasteiger partial charge is 0.266 e. The van der Waals surface area contributed by atoms with Crippen LogP contribution < -0.4 is 10.0 Å². The Kier molecular flexibility index (Phi) is 4.96. The number of aromatic nitrogens is 1. The van der Waals surface area contributed by atoms with Crippen LogP contribution in [-0.4, -0.2) is 19.9 Å². The zero-order chi connectivity index (χ0) is 15.5. The zero-order valence-electron chi connectivity index (χ0n) is 11.1. The van der Waals surface area contributed by atoms with Crippen LogP contribution in [0, 0.1) is 5.82 Å². The second kappa shape index (κ2) is 6.54. The highest BCUT2D eigenvalue weighted by Gasteiger charge is 2.23. The van der Waals surface area contributed by atoms with E-state index in [9.17, 15) is 12.8 Å². The van der Waals surface area contributed by atoms with Gasteiger partial charge in [-0.15, -0.1) is 0 Å². The fourth-order valence-corrected chi connectivity index (χ4v) is 3.64. The number of anilines is 1. The normalized spacial score (nSPS) is 11.6. The van der Waals surface area contributed by atoms with Crippen LogP contribution in [0.5, 0.6) is 0 Å². The first kappa shape index (κ1) is 15.9. The van der Waals surface area contributed by atoms with Gasteiger partial charge in [0.15, 0.2) is 10.5 Å². The van der Waals surface area contributed by atoms with Gasteiger partial charge in [-0.25, -0.2) is 12.8 Å². The van der Waals surface area contributed by atoms with Crippen LogP contribution in [0.4, 0.5) is 10.1 Å². The molecule has 0 radical (unpaired) electrons. The lowest BCUT2D eigenvalue weighted by molar-refractivity contribution is 0.464. The van der Waals surface area contributed by atoms with Gasteiger partial charge in [-0.05, 0) is 28.5 Å². The molecule has 21 heavy (non-hydrogen) atoms. The number of nitrogens with one attached hydrogen (secondary N) is 2. The van der Waals surface area contributed by atoms with E-state index in [4.69, 9.17) is 4.42 Å². The maximum atomic E-state index is 13.5. The molecule has 0 saturated heterocycles. The summed E-state index contributed by atoms with van der Waals surface area (Å²) < 4.78 is 45.5. The molecule has 2 heterocycles. The van der Waals surface area contributed by atoms with Crippen LogP contribution in [0.3, 0.4) is 0 Å². The molecule has 0 bridgehead atoms. The summed E-state index contributed by atoms with van der Waals surface area (Å²) in [6.07, 6.45) is 2.22. The molecule has 0 aliphatic carbocycles. The molecule has 0 amide bonds. The Morgan fingerprint density at radius 3 is 2.90 bits per heavy atom. The average Bonchev–Trinajstić information content (AvgIpc) is 2.81. The van der Waals surface area contributed by atoms with Crippen molar-refractivity contribution in [2.24, 2.45) is 0 Å². The molecule has 114 valence electrons. The van der Waals surface area contributed by atoms with Gasteiger partial charge in [-0.2, -0.15) is 0 Å². The molecule has 0 aliphatic heterocycles. The largest absolute Gasteiger partial charge is 0.451 e. The molecule has 0 saturated carbocycles. The fraction of sp³-hybridized carbons (Fsp3) is 0.250. The molecule has 0 aliphatic rings. The Hall–Kier alpha value is -1.45. The number of furan rings is 1. The van der Waals surface area contributed by atoms with Gasteiger partial charge in [0.05, 0.1) is 18.4 Å². The highest BCUT2D eigenvalue weighted by molar-refractivity contribution is 9.10. The van der Waals surface area contributed by atoms with Gasteiger partial charge >= 0.3 is 0 Å². The van der Waals surface area contributed by atoms with E-state index in [-0.39, 0.29) is 15.3 Å².